The van der Waals surface area contributed by atoms with Gasteiger partial charge in [-0.15, -0.1) is 0 Å². The Balaban J connectivity index is 2.11. The van der Waals surface area contributed by atoms with Crippen molar-refractivity contribution in [3.8, 4) is 5.75 Å². The maximum absolute atomic E-state index is 11.7. The number of aromatic nitrogens is 1. The van der Waals surface area contributed by atoms with Gasteiger partial charge in [0.15, 0.2) is 5.78 Å². The first-order valence-corrected chi connectivity index (χ1v) is 5.17. The molecule has 3 nitrogen and oxygen atoms in total. The monoisotopic (exact) mass is 225 g/mol. The quantitative estimate of drug-likeness (QED) is 0.645. The van der Waals surface area contributed by atoms with Crippen LogP contribution in [-0.4, -0.2) is 15.9 Å². The minimum absolute atomic E-state index is 0.0915. The van der Waals surface area contributed by atoms with Gasteiger partial charge in [0.05, 0.1) is 0 Å². The van der Waals surface area contributed by atoms with E-state index in [4.69, 9.17) is 5.11 Å². The van der Waals surface area contributed by atoms with Crippen molar-refractivity contribution >= 4 is 11.9 Å². The van der Waals surface area contributed by atoms with Gasteiger partial charge in [-0.1, -0.05) is 18.2 Å². The van der Waals surface area contributed by atoms with Gasteiger partial charge in [0.1, 0.15) is 5.75 Å². The number of ketones is 1. The molecule has 2 rings (SSSR count). The SMILES string of the molecule is O=C(C=Cc1ccc(O)cc1)c1cccnc1. The van der Waals surface area contributed by atoms with E-state index in [2.05, 4.69) is 4.98 Å². The number of phenolic OH excluding ortho intramolecular Hbond substituents is 1. The molecule has 0 saturated heterocycles. The zero-order chi connectivity index (χ0) is 12.1. The lowest BCUT2D eigenvalue weighted by molar-refractivity contribution is 0.104. The first-order valence-electron chi connectivity index (χ1n) is 5.17. The molecule has 3 heteroatoms. The Hall–Kier alpha value is -2.42. The minimum atomic E-state index is -0.0915. The third-order valence-electron chi connectivity index (χ3n) is 2.27. The number of aromatic hydroxyl groups is 1. The van der Waals surface area contributed by atoms with Crippen molar-refractivity contribution in [2.24, 2.45) is 0 Å². The van der Waals surface area contributed by atoms with Gasteiger partial charge in [-0.25, -0.2) is 0 Å². The number of carbonyl (C=O) groups is 1. The second kappa shape index (κ2) is 5.07. The zero-order valence-corrected chi connectivity index (χ0v) is 9.08. The first-order chi connectivity index (χ1) is 8.25. The summed E-state index contributed by atoms with van der Waals surface area (Å²) in [6.07, 6.45) is 6.35. The minimum Gasteiger partial charge on any atom is -0.508 e. The molecule has 1 aromatic carbocycles. The first kappa shape index (κ1) is 11.1. The summed E-state index contributed by atoms with van der Waals surface area (Å²) < 4.78 is 0. The molecular weight excluding hydrogens is 214 g/mol. The molecule has 0 aliphatic heterocycles. The maximum Gasteiger partial charge on any atom is 0.187 e. The van der Waals surface area contributed by atoms with Crippen molar-refractivity contribution in [1.29, 1.82) is 0 Å². The van der Waals surface area contributed by atoms with Crippen LogP contribution in [0.15, 0.2) is 54.9 Å². The van der Waals surface area contributed by atoms with Crippen LogP contribution >= 0.6 is 0 Å². The molecule has 0 aliphatic carbocycles. The molecule has 0 unspecified atom stereocenters. The van der Waals surface area contributed by atoms with Crippen molar-refractivity contribution in [3.05, 3.63) is 66.0 Å². The smallest absolute Gasteiger partial charge is 0.187 e. The van der Waals surface area contributed by atoms with E-state index in [0.29, 0.717) is 5.56 Å². The summed E-state index contributed by atoms with van der Waals surface area (Å²) in [5, 5.41) is 9.11. The van der Waals surface area contributed by atoms with E-state index >= 15 is 0 Å². The molecule has 17 heavy (non-hydrogen) atoms. The largest absolute Gasteiger partial charge is 0.508 e. The van der Waals surface area contributed by atoms with Crippen LogP contribution in [0.4, 0.5) is 0 Å². The highest BCUT2D eigenvalue weighted by atomic mass is 16.3. The number of allylic oxidation sites excluding steroid dienone is 1. The third kappa shape index (κ3) is 3.01. The number of hydrogen-bond acceptors (Lipinski definition) is 3. The summed E-state index contributed by atoms with van der Waals surface area (Å²) in [6, 6.07) is 10.1. The Morgan fingerprint density at radius 3 is 2.59 bits per heavy atom. The van der Waals surface area contributed by atoms with Crippen molar-refractivity contribution in [3.63, 3.8) is 0 Å². The van der Waals surface area contributed by atoms with Gasteiger partial charge in [0.25, 0.3) is 0 Å². The number of rotatable bonds is 3. The van der Waals surface area contributed by atoms with Gasteiger partial charge in [-0.05, 0) is 35.9 Å². The fourth-order valence-corrected chi connectivity index (χ4v) is 1.36. The van der Waals surface area contributed by atoms with E-state index in [1.165, 1.54) is 12.3 Å². The van der Waals surface area contributed by atoms with Gasteiger partial charge in [-0.2, -0.15) is 0 Å². The number of nitrogens with zero attached hydrogens (tertiary/aromatic N) is 1. The zero-order valence-electron chi connectivity index (χ0n) is 9.08. The van der Waals surface area contributed by atoms with Crippen LogP contribution in [0.5, 0.6) is 5.75 Å². The number of carbonyl (C=O) groups excluding carboxylic acids is 1. The third-order valence-corrected chi connectivity index (χ3v) is 2.27. The summed E-state index contributed by atoms with van der Waals surface area (Å²) in [7, 11) is 0. The summed E-state index contributed by atoms with van der Waals surface area (Å²) in [5.41, 5.74) is 1.42. The Bertz CT molecular complexity index is 530. The van der Waals surface area contributed by atoms with E-state index in [9.17, 15) is 4.79 Å². The van der Waals surface area contributed by atoms with Crippen molar-refractivity contribution in [2.45, 2.75) is 0 Å². The average Bonchev–Trinajstić information content (AvgIpc) is 2.39. The van der Waals surface area contributed by atoms with Crippen LogP contribution in [-0.2, 0) is 0 Å². The second-order valence-electron chi connectivity index (χ2n) is 3.53. The van der Waals surface area contributed by atoms with Crippen LogP contribution in [0.25, 0.3) is 6.08 Å². The fraction of sp³-hybridized carbons (Fsp3) is 0. The second-order valence-corrected chi connectivity index (χ2v) is 3.53. The molecular formula is C14H11NO2. The molecule has 0 spiro atoms. The van der Waals surface area contributed by atoms with Gasteiger partial charge < -0.3 is 5.11 Å². The summed E-state index contributed by atoms with van der Waals surface area (Å²) >= 11 is 0. The lowest BCUT2D eigenvalue weighted by Gasteiger charge is -1.95. The van der Waals surface area contributed by atoms with Crippen LogP contribution in [0.1, 0.15) is 15.9 Å². The fourth-order valence-electron chi connectivity index (χ4n) is 1.36. The standard InChI is InChI=1S/C14H11NO2/c16-13-6-3-11(4-7-13)5-8-14(17)12-2-1-9-15-10-12/h1-10,16H. The Labute approximate surface area is 99.1 Å². The predicted octanol–water partition coefficient (Wildman–Crippen LogP) is 2.68. The lowest BCUT2D eigenvalue weighted by atomic mass is 10.1. The Kier molecular flexibility index (Phi) is 3.31. The Morgan fingerprint density at radius 1 is 1.18 bits per heavy atom. The van der Waals surface area contributed by atoms with Crippen LogP contribution < -0.4 is 0 Å². The lowest BCUT2D eigenvalue weighted by Crippen LogP contribution is -1.93. The number of benzene rings is 1. The highest BCUT2D eigenvalue weighted by Crippen LogP contribution is 2.11. The van der Waals surface area contributed by atoms with Gasteiger partial charge in [-0.3, -0.25) is 9.78 Å². The highest BCUT2D eigenvalue weighted by molar-refractivity contribution is 6.06. The molecule has 2 aromatic rings. The highest BCUT2D eigenvalue weighted by Gasteiger charge is 1.99. The van der Waals surface area contributed by atoms with E-state index < -0.39 is 0 Å². The molecule has 0 atom stereocenters. The van der Waals surface area contributed by atoms with E-state index in [-0.39, 0.29) is 11.5 Å². The maximum atomic E-state index is 11.7. The molecule has 0 fully saturated rings. The molecule has 0 aliphatic rings. The van der Waals surface area contributed by atoms with E-state index in [1.807, 2.05) is 0 Å². The van der Waals surface area contributed by atoms with Crippen molar-refractivity contribution in [1.82, 2.24) is 4.98 Å². The average molecular weight is 225 g/mol. The normalized spacial score (nSPS) is 10.6. The van der Waals surface area contributed by atoms with Crippen LogP contribution in [0.3, 0.4) is 0 Å². The van der Waals surface area contributed by atoms with E-state index in [0.717, 1.165) is 5.56 Å². The predicted molar refractivity (Wildman–Crippen MR) is 65.7 cm³/mol. The van der Waals surface area contributed by atoms with Gasteiger partial charge >= 0.3 is 0 Å². The van der Waals surface area contributed by atoms with Crippen LogP contribution in [0, 0.1) is 0 Å². The molecule has 0 amide bonds. The summed E-state index contributed by atoms with van der Waals surface area (Å²) in [4.78, 5) is 15.6. The topological polar surface area (TPSA) is 50.2 Å². The van der Waals surface area contributed by atoms with E-state index in [1.54, 1.807) is 48.7 Å². The van der Waals surface area contributed by atoms with Gasteiger partial charge in [0.2, 0.25) is 0 Å². The molecule has 0 saturated carbocycles. The molecule has 1 aromatic heterocycles. The number of phenols is 1. The van der Waals surface area contributed by atoms with Crippen molar-refractivity contribution < 1.29 is 9.90 Å². The van der Waals surface area contributed by atoms with Gasteiger partial charge in [0, 0.05) is 18.0 Å². The number of hydrogen-bond donors (Lipinski definition) is 1. The van der Waals surface area contributed by atoms with Crippen LogP contribution in [0.2, 0.25) is 0 Å². The summed E-state index contributed by atoms with van der Waals surface area (Å²) in [6.45, 7) is 0. The number of pyridine rings is 1. The summed E-state index contributed by atoms with van der Waals surface area (Å²) in [5.74, 6) is 0.118. The molecule has 84 valence electrons. The van der Waals surface area contributed by atoms with Crippen molar-refractivity contribution in [2.75, 3.05) is 0 Å². The molecule has 1 heterocycles. The molecule has 0 radical (unpaired) electrons. The Morgan fingerprint density at radius 2 is 1.94 bits per heavy atom. The molecule has 0 bridgehead atoms. The molecule has 1 N–H and O–H groups in total.